The number of fused-ring (bicyclic) bond motifs is 1. The summed E-state index contributed by atoms with van der Waals surface area (Å²) in [7, 11) is -2.05. The maximum atomic E-state index is 13.1. The molecule has 1 aliphatic heterocycles. The van der Waals surface area contributed by atoms with Crippen LogP contribution in [0, 0.1) is 0 Å². The molecule has 2 aromatic carbocycles. The zero-order valence-electron chi connectivity index (χ0n) is 19.1. The van der Waals surface area contributed by atoms with E-state index < -0.39 is 15.9 Å². The highest BCUT2D eigenvalue weighted by Gasteiger charge is 2.32. The molecule has 34 heavy (non-hydrogen) atoms. The molecule has 0 N–H and O–H groups in total. The molecule has 8 nitrogen and oxygen atoms in total. The van der Waals surface area contributed by atoms with Crippen molar-refractivity contribution in [1.29, 1.82) is 0 Å². The molecule has 0 bridgehead atoms. The first kappa shape index (κ1) is 25.2. The van der Waals surface area contributed by atoms with Crippen LogP contribution in [0.4, 0.5) is 0 Å². The summed E-state index contributed by atoms with van der Waals surface area (Å²) in [6.07, 6.45) is -0.352. The lowest BCUT2D eigenvalue weighted by molar-refractivity contribution is -0.0440. The van der Waals surface area contributed by atoms with Gasteiger partial charge >= 0.3 is 0 Å². The molecule has 0 unspecified atom stereocenters. The van der Waals surface area contributed by atoms with Gasteiger partial charge in [0, 0.05) is 36.8 Å². The number of carbonyl (C=O) groups is 1. The van der Waals surface area contributed by atoms with Crippen LogP contribution in [-0.2, 0) is 26.0 Å². The fourth-order valence-corrected chi connectivity index (χ4v) is 7.12. The van der Waals surface area contributed by atoms with E-state index in [9.17, 15) is 13.2 Å². The number of amides is 1. The number of nitrogens with zero attached hydrogens (tertiary/aromatic N) is 3. The molecule has 4 rings (SSSR count). The van der Waals surface area contributed by atoms with Gasteiger partial charge in [-0.2, -0.15) is 9.30 Å². The predicted octanol–water partition coefficient (Wildman–Crippen LogP) is 3.65. The highest BCUT2D eigenvalue weighted by Crippen LogP contribution is 2.23. The van der Waals surface area contributed by atoms with E-state index in [1.807, 2.05) is 36.6 Å². The first-order valence-electron chi connectivity index (χ1n) is 10.8. The Bertz CT molecular complexity index is 1360. The van der Waals surface area contributed by atoms with Crippen molar-refractivity contribution < 1.29 is 22.7 Å². The molecular weight excluding hydrogens is 542 g/mol. The van der Waals surface area contributed by atoms with E-state index in [1.165, 1.54) is 39.9 Å². The quantitative estimate of drug-likeness (QED) is 0.453. The topological polar surface area (TPSA) is 90.2 Å². The lowest BCUT2D eigenvalue weighted by atomic mass is 10.2. The Balaban J connectivity index is 1.63. The van der Waals surface area contributed by atoms with Crippen molar-refractivity contribution in [2.24, 2.45) is 4.99 Å². The van der Waals surface area contributed by atoms with E-state index in [2.05, 4.69) is 20.9 Å². The molecule has 3 aromatic rings. The van der Waals surface area contributed by atoms with E-state index in [0.29, 0.717) is 36.6 Å². The average molecular weight is 569 g/mol. The fourth-order valence-electron chi connectivity index (χ4n) is 3.93. The summed E-state index contributed by atoms with van der Waals surface area (Å²) in [5.74, 6) is -0.436. The van der Waals surface area contributed by atoms with Crippen molar-refractivity contribution >= 4 is 53.4 Å². The minimum Gasteiger partial charge on any atom is -0.383 e. The van der Waals surface area contributed by atoms with Gasteiger partial charge in [-0.1, -0.05) is 27.3 Å². The monoisotopic (exact) mass is 567 g/mol. The Kier molecular flexibility index (Phi) is 7.70. The molecule has 11 heteroatoms. The van der Waals surface area contributed by atoms with Crippen LogP contribution in [0.5, 0.6) is 0 Å². The van der Waals surface area contributed by atoms with Crippen LogP contribution in [0.25, 0.3) is 10.2 Å². The van der Waals surface area contributed by atoms with Gasteiger partial charge in [-0.25, -0.2) is 8.42 Å². The molecule has 1 amide bonds. The standard InChI is InChI=1S/C23H26BrN3O5S2/c1-15-13-26(14-16(2)32-15)34(29,30)19-7-4-17(5-8-19)22(28)25-23-27(10-11-31-3)20-9-6-18(24)12-21(20)33-23/h4-9,12,15-16H,10-11,13-14H2,1-3H3/t15-,16-/m0/s1. The number of ether oxygens (including phenoxy) is 2. The maximum absolute atomic E-state index is 13.1. The Hall–Kier alpha value is -1.89. The number of carbonyl (C=O) groups excluding carboxylic acids is 1. The number of benzene rings is 2. The van der Waals surface area contributed by atoms with Gasteiger partial charge < -0.3 is 14.0 Å². The third-order valence-corrected chi connectivity index (χ3v) is 8.87. The van der Waals surface area contributed by atoms with Crippen LogP contribution < -0.4 is 4.80 Å². The summed E-state index contributed by atoms with van der Waals surface area (Å²) in [5, 5.41) is 0. The van der Waals surface area contributed by atoms with E-state index in [0.717, 1.165) is 14.7 Å². The van der Waals surface area contributed by atoms with Gasteiger partial charge in [0.15, 0.2) is 4.80 Å². The molecule has 182 valence electrons. The lowest BCUT2D eigenvalue weighted by Gasteiger charge is -2.34. The number of aromatic nitrogens is 1. The second kappa shape index (κ2) is 10.4. The Morgan fingerprint density at radius 2 is 1.85 bits per heavy atom. The van der Waals surface area contributed by atoms with Gasteiger partial charge in [-0.05, 0) is 56.3 Å². The Morgan fingerprint density at radius 3 is 2.50 bits per heavy atom. The SMILES string of the molecule is COCCn1c(=NC(=O)c2ccc(S(=O)(=O)N3C[C@H](C)O[C@@H](C)C3)cc2)sc2cc(Br)ccc21. The van der Waals surface area contributed by atoms with E-state index in [4.69, 9.17) is 9.47 Å². The van der Waals surface area contributed by atoms with Crippen LogP contribution in [-0.4, -0.2) is 62.2 Å². The summed E-state index contributed by atoms with van der Waals surface area (Å²) in [5.41, 5.74) is 1.28. The molecule has 2 heterocycles. The maximum Gasteiger partial charge on any atom is 0.279 e. The average Bonchev–Trinajstić information content (AvgIpc) is 3.12. The second-order valence-corrected chi connectivity index (χ2v) is 12.0. The summed E-state index contributed by atoms with van der Waals surface area (Å²) in [4.78, 5) is 18.0. The highest BCUT2D eigenvalue weighted by molar-refractivity contribution is 9.10. The molecule has 2 atom stereocenters. The second-order valence-electron chi connectivity index (χ2n) is 8.16. The molecule has 0 aliphatic carbocycles. The molecule has 1 fully saturated rings. The zero-order chi connectivity index (χ0) is 24.5. The van der Waals surface area contributed by atoms with E-state index in [1.54, 1.807) is 7.11 Å². The van der Waals surface area contributed by atoms with Gasteiger partial charge in [-0.15, -0.1) is 0 Å². The lowest BCUT2D eigenvalue weighted by Crippen LogP contribution is -2.48. The molecule has 0 saturated carbocycles. The highest BCUT2D eigenvalue weighted by atomic mass is 79.9. The van der Waals surface area contributed by atoms with Crippen LogP contribution in [0.1, 0.15) is 24.2 Å². The molecule has 1 aromatic heterocycles. The minimum absolute atomic E-state index is 0.146. The normalized spacial score (nSPS) is 20.2. The Labute approximate surface area is 211 Å². The number of thiazole rings is 1. The van der Waals surface area contributed by atoms with Crippen molar-refractivity contribution in [3.8, 4) is 0 Å². The number of hydrogen-bond donors (Lipinski definition) is 0. The molecular formula is C23H26BrN3O5S2. The van der Waals surface area contributed by atoms with Crippen molar-refractivity contribution in [3.63, 3.8) is 0 Å². The third-order valence-electron chi connectivity index (χ3n) is 5.49. The van der Waals surface area contributed by atoms with Crippen LogP contribution in [0.15, 0.2) is 56.8 Å². The summed E-state index contributed by atoms with van der Waals surface area (Å²) < 4.78 is 42.3. The largest absolute Gasteiger partial charge is 0.383 e. The van der Waals surface area contributed by atoms with Crippen molar-refractivity contribution in [2.75, 3.05) is 26.8 Å². The van der Waals surface area contributed by atoms with Crippen LogP contribution in [0.3, 0.4) is 0 Å². The van der Waals surface area contributed by atoms with Gasteiger partial charge in [0.2, 0.25) is 10.0 Å². The molecule has 0 spiro atoms. The van der Waals surface area contributed by atoms with Crippen molar-refractivity contribution in [2.45, 2.75) is 37.5 Å². The van der Waals surface area contributed by atoms with Gasteiger partial charge in [0.1, 0.15) is 0 Å². The first-order valence-corrected chi connectivity index (χ1v) is 13.9. The van der Waals surface area contributed by atoms with Crippen molar-refractivity contribution in [1.82, 2.24) is 8.87 Å². The van der Waals surface area contributed by atoms with Gasteiger partial charge in [0.05, 0.1) is 33.9 Å². The van der Waals surface area contributed by atoms with Gasteiger partial charge in [-0.3, -0.25) is 4.79 Å². The Morgan fingerprint density at radius 1 is 1.18 bits per heavy atom. The van der Waals surface area contributed by atoms with Crippen molar-refractivity contribution in [3.05, 3.63) is 57.3 Å². The number of morpholine rings is 1. The number of halogens is 1. The summed E-state index contributed by atoms with van der Waals surface area (Å²) in [6, 6.07) is 11.8. The number of hydrogen-bond acceptors (Lipinski definition) is 6. The smallest absolute Gasteiger partial charge is 0.279 e. The fraction of sp³-hybridized carbons (Fsp3) is 0.391. The summed E-state index contributed by atoms with van der Waals surface area (Å²) in [6.45, 7) is 5.34. The number of sulfonamides is 1. The predicted molar refractivity (Wildman–Crippen MR) is 134 cm³/mol. The molecule has 0 radical (unpaired) electrons. The first-order chi connectivity index (χ1) is 16.2. The summed E-state index contributed by atoms with van der Waals surface area (Å²) >= 11 is 4.89. The minimum atomic E-state index is -3.68. The van der Waals surface area contributed by atoms with E-state index >= 15 is 0 Å². The number of methoxy groups -OCH3 is 1. The van der Waals surface area contributed by atoms with Crippen LogP contribution in [0.2, 0.25) is 0 Å². The van der Waals surface area contributed by atoms with Gasteiger partial charge in [0.25, 0.3) is 5.91 Å². The molecule has 1 saturated heterocycles. The molecule has 1 aliphatic rings. The third kappa shape index (κ3) is 5.34. The van der Waals surface area contributed by atoms with Crippen LogP contribution >= 0.6 is 27.3 Å². The zero-order valence-corrected chi connectivity index (χ0v) is 22.3. The number of rotatable bonds is 6. The van der Waals surface area contributed by atoms with E-state index in [-0.39, 0.29) is 17.1 Å².